The predicted molar refractivity (Wildman–Crippen MR) is 71.0 cm³/mol. The summed E-state index contributed by atoms with van der Waals surface area (Å²) in [6.45, 7) is 3.83. The first kappa shape index (κ1) is 11.7. The second-order valence-electron chi connectivity index (χ2n) is 5.68. The van der Waals surface area contributed by atoms with Crippen molar-refractivity contribution in [1.82, 2.24) is 0 Å². The van der Waals surface area contributed by atoms with E-state index in [1.54, 1.807) is 0 Å². The molecular weight excluding hydrogens is 228 g/mol. The van der Waals surface area contributed by atoms with E-state index in [4.69, 9.17) is 15.2 Å². The van der Waals surface area contributed by atoms with Gasteiger partial charge in [0.1, 0.15) is 0 Å². The Kier molecular flexibility index (Phi) is 2.63. The van der Waals surface area contributed by atoms with E-state index in [1.807, 2.05) is 32.0 Å². The standard InChI is InChI=1S/C14H20N2O2/c1-14(2)17-12-6-5-11(8-13(12)18-14)16-10-4-3-9(15)7-10/h5-6,8-10,16H,3-4,7,15H2,1-2H3. The Morgan fingerprint density at radius 3 is 2.72 bits per heavy atom. The predicted octanol–water partition coefficient (Wildman–Crippen LogP) is 2.49. The summed E-state index contributed by atoms with van der Waals surface area (Å²) < 4.78 is 11.4. The SMILES string of the molecule is CC1(C)Oc2ccc(NC3CCC(N)C3)cc2O1. The number of hydrogen-bond donors (Lipinski definition) is 2. The summed E-state index contributed by atoms with van der Waals surface area (Å²) in [7, 11) is 0. The minimum atomic E-state index is -0.559. The average Bonchev–Trinajstić information content (AvgIpc) is 2.80. The molecule has 1 saturated carbocycles. The zero-order chi connectivity index (χ0) is 12.8. The van der Waals surface area contributed by atoms with E-state index in [0.29, 0.717) is 12.1 Å². The van der Waals surface area contributed by atoms with Crippen LogP contribution in [0, 0.1) is 0 Å². The second-order valence-corrected chi connectivity index (χ2v) is 5.68. The Hall–Kier alpha value is -1.42. The van der Waals surface area contributed by atoms with Gasteiger partial charge < -0.3 is 20.5 Å². The van der Waals surface area contributed by atoms with Gasteiger partial charge in [0.15, 0.2) is 11.5 Å². The van der Waals surface area contributed by atoms with Crippen LogP contribution in [0.15, 0.2) is 18.2 Å². The normalized spacial score (nSPS) is 28.4. The second kappa shape index (κ2) is 4.05. The molecule has 1 heterocycles. The zero-order valence-corrected chi connectivity index (χ0v) is 10.9. The van der Waals surface area contributed by atoms with E-state index in [9.17, 15) is 0 Å². The van der Waals surface area contributed by atoms with Crippen LogP contribution < -0.4 is 20.5 Å². The highest BCUT2D eigenvalue weighted by atomic mass is 16.7. The molecule has 2 atom stereocenters. The van der Waals surface area contributed by atoms with Gasteiger partial charge in [0.2, 0.25) is 5.79 Å². The van der Waals surface area contributed by atoms with E-state index in [2.05, 4.69) is 5.32 Å². The summed E-state index contributed by atoms with van der Waals surface area (Å²) in [5.74, 6) is 1.07. The summed E-state index contributed by atoms with van der Waals surface area (Å²) in [5.41, 5.74) is 7.00. The lowest BCUT2D eigenvalue weighted by Gasteiger charge is -2.16. The lowest BCUT2D eigenvalue weighted by Crippen LogP contribution is -2.29. The molecule has 1 aromatic rings. The van der Waals surface area contributed by atoms with Gasteiger partial charge in [-0.1, -0.05) is 0 Å². The third kappa shape index (κ3) is 2.25. The van der Waals surface area contributed by atoms with Gasteiger partial charge in [0.05, 0.1) is 0 Å². The third-order valence-corrected chi connectivity index (χ3v) is 3.50. The van der Waals surface area contributed by atoms with E-state index in [0.717, 1.165) is 36.4 Å². The smallest absolute Gasteiger partial charge is 0.246 e. The molecular formula is C14H20N2O2. The number of benzene rings is 1. The van der Waals surface area contributed by atoms with Crippen molar-refractivity contribution in [2.75, 3.05) is 5.32 Å². The molecule has 4 nitrogen and oxygen atoms in total. The van der Waals surface area contributed by atoms with Crippen molar-refractivity contribution in [3.8, 4) is 11.5 Å². The Bertz CT molecular complexity index is 459. The van der Waals surface area contributed by atoms with Crippen molar-refractivity contribution < 1.29 is 9.47 Å². The highest BCUT2D eigenvalue weighted by molar-refractivity contribution is 5.56. The first-order chi connectivity index (χ1) is 8.52. The van der Waals surface area contributed by atoms with Crippen molar-refractivity contribution in [3.05, 3.63) is 18.2 Å². The summed E-state index contributed by atoms with van der Waals surface area (Å²) in [6, 6.07) is 6.83. The van der Waals surface area contributed by atoms with Gasteiger partial charge in [0, 0.05) is 37.7 Å². The molecule has 3 rings (SSSR count). The number of hydrogen-bond acceptors (Lipinski definition) is 4. The van der Waals surface area contributed by atoms with Gasteiger partial charge >= 0.3 is 0 Å². The lowest BCUT2D eigenvalue weighted by atomic mass is 10.2. The summed E-state index contributed by atoms with van der Waals surface area (Å²) in [4.78, 5) is 0. The fourth-order valence-electron chi connectivity index (χ4n) is 2.70. The largest absolute Gasteiger partial charge is 0.449 e. The third-order valence-electron chi connectivity index (χ3n) is 3.50. The molecule has 1 fully saturated rings. The van der Waals surface area contributed by atoms with Crippen LogP contribution in [0.2, 0.25) is 0 Å². The Morgan fingerprint density at radius 2 is 2.00 bits per heavy atom. The van der Waals surface area contributed by atoms with Gasteiger partial charge in [-0.05, 0) is 31.4 Å². The van der Waals surface area contributed by atoms with Crippen molar-refractivity contribution >= 4 is 5.69 Å². The molecule has 1 aromatic carbocycles. The van der Waals surface area contributed by atoms with E-state index in [-0.39, 0.29) is 0 Å². The molecule has 3 N–H and O–H groups in total. The van der Waals surface area contributed by atoms with Gasteiger partial charge in [-0.2, -0.15) is 0 Å². The number of anilines is 1. The molecule has 1 aliphatic carbocycles. The molecule has 98 valence electrons. The minimum Gasteiger partial charge on any atom is -0.449 e. The molecule has 18 heavy (non-hydrogen) atoms. The number of ether oxygens (including phenoxy) is 2. The fourth-order valence-corrected chi connectivity index (χ4v) is 2.70. The van der Waals surface area contributed by atoms with Crippen molar-refractivity contribution in [3.63, 3.8) is 0 Å². The molecule has 0 aromatic heterocycles. The van der Waals surface area contributed by atoms with Gasteiger partial charge in [-0.15, -0.1) is 0 Å². The summed E-state index contributed by atoms with van der Waals surface area (Å²) >= 11 is 0. The molecule has 4 heteroatoms. The van der Waals surface area contributed by atoms with E-state index < -0.39 is 5.79 Å². The van der Waals surface area contributed by atoms with E-state index in [1.165, 1.54) is 0 Å². The van der Waals surface area contributed by atoms with Crippen LogP contribution in [-0.4, -0.2) is 17.9 Å². The van der Waals surface area contributed by atoms with Crippen LogP contribution in [0.25, 0.3) is 0 Å². The molecule has 2 unspecified atom stereocenters. The monoisotopic (exact) mass is 248 g/mol. The molecule has 2 aliphatic rings. The topological polar surface area (TPSA) is 56.5 Å². The molecule has 0 bridgehead atoms. The van der Waals surface area contributed by atoms with Crippen LogP contribution in [0.1, 0.15) is 33.1 Å². The van der Waals surface area contributed by atoms with E-state index >= 15 is 0 Å². The average molecular weight is 248 g/mol. The maximum atomic E-state index is 5.92. The summed E-state index contributed by atoms with van der Waals surface area (Å²) in [5, 5.41) is 3.51. The number of fused-ring (bicyclic) bond motifs is 1. The lowest BCUT2D eigenvalue weighted by molar-refractivity contribution is -0.0431. The van der Waals surface area contributed by atoms with Gasteiger partial charge in [0.25, 0.3) is 0 Å². The molecule has 1 aliphatic heterocycles. The van der Waals surface area contributed by atoms with Crippen LogP contribution >= 0.6 is 0 Å². The van der Waals surface area contributed by atoms with Gasteiger partial charge in [-0.3, -0.25) is 0 Å². The van der Waals surface area contributed by atoms with Crippen LogP contribution in [-0.2, 0) is 0 Å². The Labute approximate surface area is 107 Å². The van der Waals surface area contributed by atoms with Crippen LogP contribution in [0.5, 0.6) is 11.5 Å². The first-order valence-corrected chi connectivity index (χ1v) is 6.56. The van der Waals surface area contributed by atoms with Crippen molar-refractivity contribution in [2.45, 2.75) is 51.0 Å². The molecule has 0 radical (unpaired) electrons. The number of nitrogens with one attached hydrogen (secondary N) is 1. The number of nitrogens with two attached hydrogens (primary N) is 1. The maximum absolute atomic E-state index is 5.92. The minimum absolute atomic E-state index is 0.343. The fraction of sp³-hybridized carbons (Fsp3) is 0.571. The Morgan fingerprint density at radius 1 is 1.22 bits per heavy atom. The molecule has 0 saturated heterocycles. The highest BCUT2D eigenvalue weighted by Gasteiger charge is 2.32. The highest BCUT2D eigenvalue weighted by Crippen LogP contribution is 2.41. The first-order valence-electron chi connectivity index (χ1n) is 6.56. The van der Waals surface area contributed by atoms with Crippen LogP contribution in [0.4, 0.5) is 5.69 Å². The quantitative estimate of drug-likeness (QED) is 0.844. The maximum Gasteiger partial charge on any atom is 0.246 e. The Balaban J connectivity index is 1.72. The molecule has 0 amide bonds. The van der Waals surface area contributed by atoms with Crippen molar-refractivity contribution in [2.24, 2.45) is 5.73 Å². The van der Waals surface area contributed by atoms with Crippen molar-refractivity contribution in [1.29, 1.82) is 0 Å². The zero-order valence-electron chi connectivity index (χ0n) is 10.9. The summed E-state index contributed by atoms with van der Waals surface area (Å²) in [6.07, 6.45) is 3.29. The van der Waals surface area contributed by atoms with Gasteiger partial charge in [-0.25, -0.2) is 0 Å². The van der Waals surface area contributed by atoms with Crippen LogP contribution in [0.3, 0.4) is 0 Å². The molecule has 0 spiro atoms. The number of rotatable bonds is 2.